The van der Waals surface area contributed by atoms with Gasteiger partial charge in [-0.25, -0.2) is 12.7 Å². The van der Waals surface area contributed by atoms with Crippen molar-refractivity contribution in [1.82, 2.24) is 9.62 Å². The molecule has 152 valence electrons. The first kappa shape index (κ1) is 23.4. The number of rotatable bonds is 9. The number of carbonyl (C=O) groups excluding carboxylic acids is 2. The number of carbonyl (C=O) groups is 2. The fourth-order valence-corrected chi connectivity index (χ4v) is 3.34. The molecule has 0 aliphatic heterocycles. The van der Waals surface area contributed by atoms with E-state index in [9.17, 15) is 18.0 Å². The molecule has 1 rings (SSSR count). The monoisotopic (exact) mass is 419 g/mol. The third-order valence-corrected chi connectivity index (χ3v) is 5.82. The number of sulfonamides is 1. The Bertz CT molecular complexity index is 781. The van der Waals surface area contributed by atoms with Crippen LogP contribution in [0.25, 0.3) is 0 Å². The van der Waals surface area contributed by atoms with Gasteiger partial charge in [0.1, 0.15) is 0 Å². The molecule has 0 bridgehead atoms. The average Bonchev–Trinajstić information content (AvgIpc) is 2.53. The van der Waals surface area contributed by atoms with E-state index in [-0.39, 0.29) is 46.4 Å². The molecule has 0 aliphatic carbocycles. The molecule has 0 saturated carbocycles. The second-order valence-electron chi connectivity index (χ2n) is 6.83. The summed E-state index contributed by atoms with van der Waals surface area (Å²) in [5, 5.41) is 5.68. The highest BCUT2D eigenvalue weighted by Gasteiger charge is 2.19. The first-order chi connectivity index (χ1) is 12.4. The van der Waals surface area contributed by atoms with E-state index in [0.29, 0.717) is 6.54 Å². The van der Waals surface area contributed by atoms with Crippen LogP contribution in [0.1, 0.15) is 20.3 Å². The van der Waals surface area contributed by atoms with Crippen LogP contribution in [0.15, 0.2) is 23.1 Å². The van der Waals surface area contributed by atoms with Gasteiger partial charge in [-0.1, -0.05) is 11.6 Å². The molecule has 0 aromatic heterocycles. The number of benzene rings is 1. The lowest BCUT2D eigenvalue weighted by Gasteiger charge is -2.16. The highest BCUT2D eigenvalue weighted by atomic mass is 35.5. The number of halogens is 1. The van der Waals surface area contributed by atoms with Gasteiger partial charge in [-0.2, -0.15) is 0 Å². The van der Waals surface area contributed by atoms with Crippen molar-refractivity contribution in [1.29, 1.82) is 0 Å². The minimum atomic E-state index is -3.63. The lowest BCUT2D eigenvalue weighted by atomic mass is 10.3. The smallest absolute Gasteiger partial charge is 0.275 e. The Morgan fingerprint density at radius 3 is 2.41 bits per heavy atom. The molecule has 1 aromatic rings. The standard InChI is InChI=1S/C17H27ClN4O4S/c1-12(2)19-17(24)11-22(5)9-8-16(23)20-15-10-13(6-7-14(15)18)27(25,26)21(3)4/h6-7,10,12H,8-9,11H2,1-5H3,(H,19,24)(H,20,23)/p+1. The number of nitrogens with one attached hydrogen (secondary N) is 3. The van der Waals surface area contributed by atoms with Gasteiger partial charge in [0.05, 0.1) is 35.6 Å². The molecule has 0 saturated heterocycles. The van der Waals surface area contributed by atoms with Crippen molar-refractivity contribution in [2.45, 2.75) is 31.2 Å². The summed E-state index contributed by atoms with van der Waals surface area (Å²) in [5.41, 5.74) is 0.236. The predicted octanol–water partition coefficient (Wildman–Crippen LogP) is -0.0418. The normalized spacial score (nSPS) is 12.9. The molecule has 0 aliphatic rings. The zero-order chi connectivity index (χ0) is 20.8. The maximum Gasteiger partial charge on any atom is 0.275 e. The quantitative estimate of drug-likeness (QED) is 0.522. The number of amides is 2. The second-order valence-corrected chi connectivity index (χ2v) is 9.39. The molecule has 0 spiro atoms. The van der Waals surface area contributed by atoms with Crippen molar-refractivity contribution in [3.05, 3.63) is 23.2 Å². The van der Waals surface area contributed by atoms with Crippen molar-refractivity contribution < 1.29 is 22.9 Å². The Labute approximate surface area is 165 Å². The molecular formula is C17H28ClN4O4S+. The van der Waals surface area contributed by atoms with Crippen LogP contribution in [0.2, 0.25) is 5.02 Å². The van der Waals surface area contributed by atoms with Crippen LogP contribution < -0.4 is 15.5 Å². The number of nitrogens with zero attached hydrogens (tertiary/aromatic N) is 1. The van der Waals surface area contributed by atoms with Crippen LogP contribution in [0, 0.1) is 0 Å². The van der Waals surface area contributed by atoms with Crippen molar-refractivity contribution in [3.8, 4) is 0 Å². The molecule has 0 fully saturated rings. The minimum Gasteiger partial charge on any atom is -0.349 e. The molecule has 27 heavy (non-hydrogen) atoms. The van der Waals surface area contributed by atoms with Crippen LogP contribution in [0.3, 0.4) is 0 Å². The minimum absolute atomic E-state index is 0.0419. The van der Waals surface area contributed by atoms with E-state index < -0.39 is 10.0 Å². The third-order valence-electron chi connectivity index (χ3n) is 3.68. The van der Waals surface area contributed by atoms with E-state index in [4.69, 9.17) is 11.6 Å². The van der Waals surface area contributed by atoms with Crippen molar-refractivity contribution >= 4 is 39.1 Å². The van der Waals surface area contributed by atoms with Crippen molar-refractivity contribution in [3.63, 3.8) is 0 Å². The van der Waals surface area contributed by atoms with Gasteiger partial charge in [0.2, 0.25) is 15.9 Å². The van der Waals surface area contributed by atoms with Crippen LogP contribution in [-0.2, 0) is 19.6 Å². The first-order valence-corrected chi connectivity index (χ1v) is 10.4. The van der Waals surface area contributed by atoms with Gasteiger partial charge < -0.3 is 15.5 Å². The molecule has 1 atom stereocenters. The number of hydrogen-bond acceptors (Lipinski definition) is 4. The summed E-state index contributed by atoms with van der Waals surface area (Å²) in [6, 6.07) is 4.23. The SMILES string of the molecule is CC(C)NC(=O)C[NH+](C)CCC(=O)Nc1cc(S(=O)(=O)N(C)C)ccc1Cl. The molecule has 1 unspecified atom stereocenters. The summed E-state index contributed by atoms with van der Waals surface area (Å²) in [4.78, 5) is 24.8. The third kappa shape index (κ3) is 7.45. The molecule has 0 radical (unpaired) electrons. The lowest BCUT2D eigenvalue weighted by Crippen LogP contribution is -3.10. The van der Waals surface area contributed by atoms with E-state index in [0.717, 1.165) is 9.21 Å². The molecule has 0 heterocycles. The van der Waals surface area contributed by atoms with Crippen LogP contribution in [0.5, 0.6) is 0 Å². The molecule has 3 N–H and O–H groups in total. The van der Waals surface area contributed by atoms with Crippen LogP contribution in [0.4, 0.5) is 5.69 Å². The van der Waals surface area contributed by atoms with Crippen molar-refractivity contribution in [2.75, 3.05) is 39.5 Å². The fourth-order valence-electron chi connectivity index (χ4n) is 2.25. The van der Waals surface area contributed by atoms with Crippen molar-refractivity contribution in [2.24, 2.45) is 0 Å². The molecule has 1 aromatic carbocycles. The summed E-state index contributed by atoms with van der Waals surface area (Å²) in [5.74, 6) is -0.382. The number of anilines is 1. The van der Waals surface area contributed by atoms with Gasteiger partial charge in [-0.05, 0) is 32.0 Å². The fraction of sp³-hybridized carbons (Fsp3) is 0.529. The second kappa shape index (κ2) is 10.0. The molecule has 10 heteroatoms. The van der Waals surface area contributed by atoms with E-state index >= 15 is 0 Å². The maximum absolute atomic E-state index is 12.2. The summed E-state index contributed by atoms with van der Waals surface area (Å²) >= 11 is 6.07. The highest BCUT2D eigenvalue weighted by molar-refractivity contribution is 7.89. The molecule has 2 amide bonds. The number of quaternary nitrogens is 1. The van der Waals surface area contributed by atoms with Gasteiger partial charge in [0.15, 0.2) is 6.54 Å². The molecular weight excluding hydrogens is 392 g/mol. The molecule has 8 nitrogen and oxygen atoms in total. The number of likely N-dealkylation sites (N-methyl/N-ethyl adjacent to an activating group) is 1. The summed E-state index contributed by atoms with van der Waals surface area (Å²) in [6.45, 7) is 4.48. The zero-order valence-corrected chi connectivity index (χ0v) is 17.9. The Hall–Kier alpha value is -1.68. The van der Waals surface area contributed by atoms with Gasteiger partial charge in [0, 0.05) is 20.1 Å². The Morgan fingerprint density at radius 1 is 1.22 bits per heavy atom. The lowest BCUT2D eigenvalue weighted by molar-refractivity contribution is -0.870. The van der Waals surface area contributed by atoms with Crippen LogP contribution >= 0.6 is 11.6 Å². The summed E-state index contributed by atoms with van der Waals surface area (Å²) in [7, 11) is 1.05. The summed E-state index contributed by atoms with van der Waals surface area (Å²) in [6.07, 6.45) is 0.168. The maximum atomic E-state index is 12.2. The van der Waals surface area contributed by atoms with Gasteiger partial charge in [-0.15, -0.1) is 0 Å². The zero-order valence-electron chi connectivity index (χ0n) is 16.3. The predicted molar refractivity (Wildman–Crippen MR) is 105 cm³/mol. The Balaban J connectivity index is 2.68. The van der Waals surface area contributed by atoms with E-state index in [1.165, 1.54) is 32.3 Å². The summed E-state index contributed by atoms with van der Waals surface area (Å²) < 4.78 is 25.5. The average molecular weight is 420 g/mol. The van der Waals surface area contributed by atoms with Crippen LogP contribution in [-0.4, -0.2) is 64.8 Å². The van der Waals surface area contributed by atoms with E-state index in [1.54, 1.807) is 0 Å². The van der Waals surface area contributed by atoms with E-state index in [1.807, 2.05) is 20.9 Å². The Morgan fingerprint density at radius 2 is 1.85 bits per heavy atom. The Kier molecular flexibility index (Phi) is 8.67. The van der Waals surface area contributed by atoms with Gasteiger partial charge in [0.25, 0.3) is 5.91 Å². The van der Waals surface area contributed by atoms with Gasteiger partial charge in [-0.3, -0.25) is 9.59 Å². The number of hydrogen-bond donors (Lipinski definition) is 3. The largest absolute Gasteiger partial charge is 0.349 e. The highest BCUT2D eigenvalue weighted by Crippen LogP contribution is 2.26. The van der Waals surface area contributed by atoms with E-state index in [2.05, 4.69) is 10.6 Å². The topological polar surface area (TPSA) is 100 Å². The van der Waals surface area contributed by atoms with Gasteiger partial charge >= 0.3 is 0 Å². The first-order valence-electron chi connectivity index (χ1n) is 8.56.